The number of aliphatic hydroxyl groups excluding tert-OH is 1. The van der Waals surface area contributed by atoms with Gasteiger partial charge >= 0.3 is 5.97 Å². The van der Waals surface area contributed by atoms with E-state index in [1.165, 1.54) is 13.2 Å². The molecule has 0 amide bonds. The maximum atomic E-state index is 13.8. The summed E-state index contributed by atoms with van der Waals surface area (Å²) in [6, 6.07) is 6.00. The molecule has 3 atom stereocenters. The van der Waals surface area contributed by atoms with Crippen LogP contribution in [0.5, 0.6) is 0 Å². The lowest BCUT2D eigenvalue weighted by atomic mass is 9.90. The number of carbonyl (C=O) groups is 1. The van der Waals surface area contributed by atoms with E-state index in [1.807, 2.05) is 0 Å². The van der Waals surface area contributed by atoms with Crippen molar-refractivity contribution in [2.75, 3.05) is 13.7 Å². The number of nitrogens with one attached hydrogen (secondary N) is 1. The van der Waals surface area contributed by atoms with Crippen LogP contribution in [-0.2, 0) is 9.53 Å². The molecule has 104 valence electrons. The first-order chi connectivity index (χ1) is 9.01. The highest BCUT2D eigenvalue weighted by atomic mass is 19.1. The van der Waals surface area contributed by atoms with Crippen LogP contribution in [0.1, 0.15) is 24.9 Å². The topological polar surface area (TPSA) is 58.6 Å². The summed E-state index contributed by atoms with van der Waals surface area (Å²) in [6.45, 7) is 1.60. The van der Waals surface area contributed by atoms with Gasteiger partial charge in [-0.15, -0.1) is 0 Å². The number of methoxy groups -OCH3 is 1. The number of halogens is 1. The Balaban J connectivity index is 2.31. The summed E-state index contributed by atoms with van der Waals surface area (Å²) < 4.78 is 18.6. The summed E-state index contributed by atoms with van der Waals surface area (Å²) in [4.78, 5) is 11.8. The summed E-state index contributed by atoms with van der Waals surface area (Å²) in [5, 5.41) is 12.6. The maximum absolute atomic E-state index is 13.8. The van der Waals surface area contributed by atoms with Gasteiger partial charge in [0.25, 0.3) is 0 Å². The van der Waals surface area contributed by atoms with Crippen LogP contribution in [0.15, 0.2) is 24.3 Å². The van der Waals surface area contributed by atoms with Gasteiger partial charge < -0.3 is 9.84 Å². The lowest BCUT2D eigenvalue weighted by Crippen LogP contribution is -2.46. The molecule has 1 fully saturated rings. The number of hydrogen-bond donors (Lipinski definition) is 2. The molecule has 1 aliphatic rings. The molecule has 0 aliphatic carbocycles. The van der Waals surface area contributed by atoms with Gasteiger partial charge in [-0.25, -0.2) is 4.39 Å². The van der Waals surface area contributed by atoms with Crippen LogP contribution in [0.4, 0.5) is 4.39 Å². The van der Waals surface area contributed by atoms with Crippen LogP contribution in [0.25, 0.3) is 0 Å². The van der Waals surface area contributed by atoms with Crippen molar-refractivity contribution in [3.8, 4) is 0 Å². The third-order valence-electron chi connectivity index (χ3n) is 3.73. The van der Waals surface area contributed by atoms with Gasteiger partial charge in [-0.3, -0.25) is 10.1 Å². The summed E-state index contributed by atoms with van der Waals surface area (Å²) in [5.74, 6) is -0.960. The molecule has 2 rings (SSSR count). The predicted molar refractivity (Wildman–Crippen MR) is 67.9 cm³/mol. The molecule has 5 heteroatoms. The second-order valence-corrected chi connectivity index (χ2v) is 5.11. The molecule has 0 spiro atoms. The Kier molecular flexibility index (Phi) is 3.87. The third kappa shape index (κ3) is 2.48. The van der Waals surface area contributed by atoms with E-state index in [2.05, 4.69) is 5.32 Å². The second kappa shape index (κ2) is 5.27. The first-order valence-electron chi connectivity index (χ1n) is 6.23. The smallest absolute Gasteiger partial charge is 0.325 e. The fourth-order valence-electron chi connectivity index (χ4n) is 2.76. The first kappa shape index (κ1) is 14.0. The van der Waals surface area contributed by atoms with Crippen molar-refractivity contribution in [1.29, 1.82) is 0 Å². The van der Waals surface area contributed by atoms with E-state index in [9.17, 15) is 14.3 Å². The largest absolute Gasteiger partial charge is 0.468 e. The average Bonchev–Trinajstić information content (AvgIpc) is 2.77. The van der Waals surface area contributed by atoms with E-state index in [0.29, 0.717) is 12.0 Å². The Morgan fingerprint density at radius 2 is 2.26 bits per heavy atom. The molecule has 0 saturated carbocycles. The van der Waals surface area contributed by atoms with Crippen molar-refractivity contribution >= 4 is 5.97 Å². The number of carbonyl (C=O) groups excluding carboxylic acids is 1. The number of hydrogen-bond acceptors (Lipinski definition) is 4. The van der Waals surface area contributed by atoms with Gasteiger partial charge in [-0.2, -0.15) is 0 Å². The molecule has 1 aromatic rings. The number of benzene rings is 1. The normalized spacial score (nSPS) is 30.3. The molecule has 0 bridgehead atoms. The molecule has 1 aliphatic heterocycles. The molecule has 2 N–H and O–H groups in total. The molecule has 0 radical (unpaired) electrons. The molecule has 1 saturated heterocycles. The lowest BCUT2D eigenvalue weighted by Gasteiger charge is -2.23. The fraction of sp³-hybridized carbons (Fsp3) is 0.500. The Bertz CT molecular complexity index is 480. The Labute approximate surface area is 111 Å². The predicted octanol–water partition coefficient (Wildman–Crippen LogP) is 1.40. The molecule has 4 nitrogen and oxygen atoms in total. The lowest BCUT2D eigenvalue weighted by molar-refractivity contribution is -0.147. The van der Waals surface area contributed by atoms with Crippen molar-refractivity contribution in [1.82, 2.24) is 5.32 Å². The zero-order valence-electron chi connectivity index (χ0n) is 11.0. The van der Waals surface area contributed by atoms with Gasteiger partial charge in [0, 0.05) is 24.1 Å². The molecular formula is C14H18FNO3. The summed E-state index contributed by atoms with van der Waals surface area (Å²) in [7, 11) is 1.32. The molecule has 1 heterocycles. The highest BCUT2D eigenvalue weighted by Crippen LogP contribution is 2.39. The molecule has 1 aromatic carbocycles. The van der Waals surface area contributed by atoms with E-state index < -0.39 is 17.6 Å². The van der Waals surface area contributed by atoms with E-state index in [-0.39, 0.29) is 18.3 Å². The van der Waals surface area contributed by atoms with Crippen molar-refractivity contribution in [2.24, 2.45) is 5.92 Å². The Hall–Kier alpha value is -1.46. The van der Waals surface area contributed by atoms with Crippen molar-refractivity contribution in [3.05, 3.63) is 35.6 Å². The molecule has 19 heavy (non-hydrogen) atoms. The Morgan fingerprint density at radius 3 is 2.84 bits per heavy atom. The van der Waals surface area contributed by atoms with E-state index >= 15 is 0 Å². The molecule has 0 aromatic heterocycles. The summed E-state index contributed by atoms with van der Waals surface area (Å²) in [6.07, 6.45) is 0.412. The average molecular weight is 267 g/mol. The van der Waals surface area contributed by atoms with Crippen molar-refractivity contribution in [3.63, 3.8) is 0 Å². The monoisotopic (exact) mass is 267 g/mol. The number of rotatable bonds is 3. The highest BCUT2D eigenvalue weighted by molar-refractivity contribution is 5.80. The van der Waals surface area contributed by atoms with Crippen molar-refractivity contribution < 1.29 is 19.0 Å². The van der Waals surface area contributed by atoms with Gasteiger partial charge in [0.2, 0.25) is 0 Å². The summed E-state index contributed by atoms with van der Waals surface area (Å²) >= 11 is 0. The number of esters is 1. The molecule has 0 unspecified atom stereocenters. The van der Waals surface area contributed by atoms with Crippen LogP contribution in [0.3, 0.4) is 0 Å². The quantitative estimate of drug-likeness (QED) is 0.813. The second-order valence-electron chi connectivity index (χ2n) is 5.11. The zero-order valence-corrected chi connectivity index (χ0v) is 11.0. The van der Waals surface area contributed by atoms with Gasteiger partial charge in [-0.05, 0) is 19.4 Å². The fourth-order valence-corrected chi connectivity index (χ4v) is 2.76. The Morgan fingerprint density at radius 1 is 1.58 bits per heavy atom. The molecular weight excluding hydrogens is 249 g/mol. The van der Waals surface area contributed by atoms with Crippen LogP contribution in [-0.4, -0.2) is 30.3 Å². The van der Waals surface area contributed by atoms with Gasteiger partial charge in [-0.1, -0.05) is 18.2 Å². The highest BCUT2D eigenvalue weighted by Gasteiger charge is 2.48. The minimum absolute atomic E-state index is 0.113. The van der Waals surface area contributed by atoms with E-state index in [1.54, 1.807) is 25.1 Å². The number of aliphatic hydroxyl groups is 1. The van der Waals surface area contributed by atoms with Crippen LogP contribution in [0.2, 0.25) is 0 Å². The van der Waals surface area contributed by atoms with Crippen molar-refractivity contribution in [2.45, 2.75) is 24.9 Å². The SMILES string of the molecule is COC(=O)[C@]1(C)C[C@H](CO)[C@@H](c2ccccc2F)N1. The van der Waals surface area contributed by atoms with Gasteiger partial charge in [0.15, 0.2) is 0 Å². The zero-order chi connectivity index (χ0) is 14.0. The standard InChI is InChI=1S/C14H18FNO3/c1-14(13(18)19-2)7-9(8-17)12(16-14)10-5-3-4-6-11(10)15/h3-6,9,12,16-17H,7-8H2,1-2H3/t9-,12+,14+/m1/s1. The van der Waals surface area contributed by atoms with Gasteiger partial charge in [0.1, 0.15) is 11.4 Å². The van der Waals surface area contributed by atoms with E-state index in [4.69, 9.17) is 4.74 Å². The number of ether oxygens (including phenoxy) is 1. The maximum Gasteiger partial charge on any atom is 0.325 e. The van der Waals surface area contributed by atoms with Gasteiger partial charge in [0.05, 0.1) is 7.11 Å². The van der Waals surface area contributed by atoms with Crippen LogP contribution < -0.4 is 5.32 Å². The summed E-state index contributed by atoms with van der Waals surface area (Å²) in [5.41, 5.74) is -0.427. The van der Waals surface area contributed by atoms with Crippen LogP contribution >= 0.6 is 0 Å². The first-order valence-corrected chi connectivity index (χ1v) is 6.23. The minimum atomic E-state index is -0.894. The van der Waals surface area contributed by atoms with Crippen LogP contribution in [0, 0.1) is 11.7 Å². The third-order valence-corrected chi connectivity index (χ3v) is 3.73. The minimum Gasteiger partial charge on any atom is -0.468 e. The van der Waals surface area contributed by atoms with E-state index in [0.717, 1.165) is 0 Å².